The van der Waals surface area contributed by atoms with Gasteiger partial charge in [0.1, 0.15) is 6.54 Å². The van der Waals surface area contributed by atoms with E-state index in [2.05, 4.69) is 10.2 Å². The highest BCUT2D eigenvalue weighted by molar-refractivity contribution is 5.94. The number of fused-ring (bicyclic) bond motifs is 5. The number of rotatable bonds is 11. The Kier molecular flexibility index (Phi) is 9.01. The Hall–Kier alpha value is -3.43. The lowest BCUT2D eigenvalue weighted by Gasteiger charge is -2.61. The first-order valence-corrected chi connectivity index (χ1v) is 14.2. The van der Waals surface area contributed by atoms with Gasteiger partial charge in [0, 0.05) is 23.2 Å². The summed E-state index contributed by atoms with van der Waals surface area (Å²) in [6, 6.07) is 0. The van der Waals surface area contributed by atoms with Crippen LogP contribution in [0, 0.1) is 32.8 Å². The van der Waals surface area contributed by atoms with Gasteiger partial charge >= 0.3 is 12.1 Å². The molecule has 4 aliphatic carbocycles. The van der Waals surface area contributed by atoms with Crippen molar-refractivity contribution in [3.63, 3.8) is 0 Å². The second-order valence-corrected chi connectivity index (χ2v) is 12.1. The van der Waals surface area contributed by atoms with Crippen molar-refractivity contribution in [1.82, 2.24) is 5.32 Å². The third-order valence-corrected chi connectivity index (χ3v) is 9.96. The molecule has 0 heterocycles. The number of carbonyl (C=O) groups excluding carboxylic acids is 4. The van der Waals surface area contributed by atoms with Gasteiger partial charge in [-0.25, -0.2) is 9.18 Å². The van der Waals surface area contributed by atoms with E-state index in [0.717, 1.165) is 0 Å². The normalized spacial score (nSPS) is 37.7. The van der Waals surface area contributed by atoms with Gasteiger partial charge in [-0.2, -0.15) is 0 Å². The molecule has 0 aromatic rings. The summed E-state index contributed by atoms with van der Waals surface area (Å²) < 4.78 is 26.9. The van der Waals surface area contributed by atoms with Crippen molar-refractivity contribution in [3.05, 3.63) is 33.9 Å². The van der Waals surface area contributed by atoms with Gasteiger partial charge in [0.2, 0.25) is 5.78 Å². The monoisotopic (exact) mass is 612 g/mol. The van der Waals surface area contributed by atoms with E-state index >= 15 is 4.39 Å². The predicted molar refractivity (Wildman–Crippen MR) is 142 cm³/mol. The van der Waals surface area contributed by atoms with Crippen molar-refractivity contribution in [3.8, 4) is 0 Å². The zero-order valence-electron chi connectivity index (χ0n) is 24.0. The SMILES string of the molecule is C[C@]12C=CC(=O)CC1=CC[C@H]1[C@@H]3C[C@@H](O)[C@](O)(C(=O)COC(=O)CNC(=O)OCCCCO[N+](=O)[O-])[C@@]3(C)C[C@H](O)[C@@]12F. The summed E-state index contributed by atoms with van der Waals surface area (Å²) in [6.07, 6.45) is 0.511. The van der Waals surface area contributed by atoms with Crippen LogP contribution in [0.3, 0.4) is 0 Å². The molecule has 8 atom stereocenters. The van der Waals surface area contributed by atoms with Gasteiger partial charge < -0.3 is 34.9 Å². The number of carbonyl (C=O) groups is 4. The second kappa shape index (κ2) is 11.9. The fraction of sp³-hybridized carbons (Fsp3) is 0.714. The maximum Gasteiger partial charge on any atom is 0.407 e. The summed E-state index contributed by atoms with van der Waals surface area (Å²) in [5.41, 5.74) is -6.87. The van der Waals surface area contributed by atoms with E-state index in [-0.39, 0.29) is 57.5 Å². The van der Waals surface area contributed by atoms with Crippen LogP contribution in [0.25, 0.3) is 0 Å². The maximum absolute atomic E-state index is 17.2. The van der Waals surface area contributed by atoms with Gasteiger partial charge in [0.05, 0.1) is 25.4 Å². The van der Waals surface area contributed by atoms with Crippen LogP contribution in [0.4, 0.5) is 9.18 Å². The molecule has 2 saturated carbocycles. The smallest absolute Gasteiger partial charge is 0.407 e. The number of esters is 1. The minimum absolute atomic E-state index is 0.0322. The van der Waals surface area contributed by atoms with E-state index in [9.17, 15) is 44.6 Å². The Bertz CT molecular complexity index is 1240. The fourth-order valence-corrected chi connectivity index (χ4v) is 7.65. The first kappa shape index (κ1) is 32.5. The zero-order chi connectivity index (χ0) is 31.8. The van der Waals surface area contributed by atoms with Gasteiger partial charge in [-0.05, 0) is 51.0 Å². The number of nitrogens with one attached hydrogen (secondary N) is 1. The lowest BCUT2D eigenvalue weighted by Crippen LogP contribution is -2.69. The number of amides is 1. The number of allylic oxidation sites excluding steroid dienone is 4. The predicted octanol–water partition coefficient (Wildman–Crippen LogP) is 0.886. The molecule has 0 spiro atoms. The lowest BCUT2D eigenvalue weighted by molar-refractivity contribution is -0.757. The number of ketones is 2. The number of unbranched alkanes of at least 4 members (excludes halogenated alkanes) is 1. The molecule has 0 radical (unpaired) electrons. The molecule has 14 nitrogen and oxygen atoms in total. The third-order valence-electron chi connectivity index (χ3n) is 9.96. The number of hydrogen-bond acceptors (Lipinski definition) is 12. The number of alkyl halides is 1. The summed E-state index contributed by atoms with van der Waals surface area (Å²) in [4.78, 5) is 63.4. The lowest BCUT2D eigenvalue weighted by atomic mass is 9.45. The molecular weight excluding hydrogens is 575 g/mol. The van der Waals surface area contributed by atoms with Gasteiger partial charge in [-0.3, -0.25) is 14.4 Å². The van der Waals surface area contributed by atoms with Crippen LogP contribution >= 0.6 is 0 Å². The highest BCUT2D eigenvalue weighted by Crippen LogP contribution is 2.69. The van der Waals surface area contributed by atoms with E-state index in [0.29, 0.717) is 5.57 Å². The van der Waals surface area contributed by atoms with Crippen molar-refractivity contribution in [2.45, 2.75) is 75.9 Å². The molecule has 0 aromatic carbocycles. The molecule has 0 unspecified atom stereocenters. The topological polar surface area (TPSA) is 212 Å². The Morgan fingerprint density at radius 1 is 1.14 bits per heavy atom. The van der Waals surface area contributed by atoms with Gasteiger partial charge in [-0.1, -0.05) is 24.6 Å². The van der Waals surface area contributed by atoms with E-state index in [1.54, 1.807) is 13.0 Å². The zero-order valence-corrected chi connectivity index (χ0v) is 24.0. The van der Waals surface area contributed by atoms with Crippen molar-refractivity contribution in [1.29, 1.82) is 0 Å². The summed E-state index contributed by atoms with van der Waals surface area (Å²) >= 11 is 0. The molecule has 2 fully saturated rings. The molecule has 0 saturated heterocycles. The number of Topliss-reactive ketones (excluding diaryl/α,β-unsaturated/α-hetero) is 1. The largest absolute Gasteiger partial charge is 0.456 e. The molecule has 1 amide bonds. The van der Waals surface area contributed by atoms with Crippen LogP contribution in [0.15, 0.2) is 23.8 Å². The van der Waals surface area contributed by atoms with Crippen molar-refractivity contribution in [2.24, 2.45) is 22.7 Å². The first-order valence-electron chi connectivity index (χ1n) is 14.2. The molecule has 0 bridgehead atoms. The van der Waals surface area contributed by atoms with Crippen molar-refractivity contribution >= 4 is 23.6 Å². The quantitative estimate of drug-likeness (QED) is 0.0842. The van der Waals surface area contributed by atoms with Gasteiger partial charge in [-0.15, -0.1) is 10.1 Å². The van der Waals surface area contributed by atoms with Crippen LogP contribution in [0.1, 0.15) is 52.4 Å². The summed E-state index contributed by atoms with van der Waals surface area (Å²) in [6.45, 7) is 1.26. The number of aliphatic hydroxyl groups excluding tert-OH is 2. The Labute approximate surface area is 246 Å². The van der Waals surface area contributed by atoms with Gasteiger partial charge in [0.25, 0.3) is 5.09 Å². The Morgan fingerprint density at radius 3 is 2.53 bits per heavy atom. The highest BCUT2D eigenvalue weighted by atomic mass is 19.1. The molecule has 0 aromatic heterocycles. The standard InChI is InChI=1S/C28H37FN2O12/c1-25-8-7-17(32)11-16(25)5-6-18-19-12-20(33)28(38,26(19,2)13-21(34)27(18,25)29)22(35)15-42-23(36)14-30-24(37)41-9-3-4-10-43-31(39)40/h5,7-8,18-21,33-34,38H,3-4,6,9-15H2,1-2H3,(H,30,37)/t18-,19-,20+,21-,25-,26-,27-,28-/m0/s1. The molecule has 4 N–H and O–H groups in total. The molecular formula is C28H37FN2O12. The average molecular weight is 613 g/mol. The van der Waals surface area contributed by atoms with E-state index in [4.69, 9.17) is 9.47 Å². The second-order valence-electron chi connectivity index (χ2n) is 12.1. The molecule has 43 heavy (non-hydrogen) atoms. The Morgan fingerprint density at radius 2 is 1.84 bits per heavy atom. The summed E-state index contributed by atoms with van der Waals surface area (Å²) in [7, 11) is 0. The van der Waals surface area contributed by atoms with Crippen LogP contribution in [-0.2, 0) is 28.7 Å². The minimum atomic E-state index is -2.46. The summed E-state index contributed by atoms with van der Waals surface area (Å²) in [5.74, 6) is -3.86. The number of ether oxygens (including phenoxy) is 2. The first-order chi connectivity index (χ1) is 20.1. The molecule has 4 rings (SSSR count). The molecule has 0 aliphatic heterocycles. The molecule has 4 aliphatic rings. The number of halogens is 1. The molecule has 15 heteroatoms. The van der Waals surface area contributed by atoms with Crippen molar-refractivity contribution in [2.75, 3.05) is 26.4 Å². The third kappa shape index (κ3) is 5.42. The number of alkyl carbamates (subject to hydrolysis) is 1. The van der Waals surface area contributed by atoms with Crippen LogP contribution in [0.5, 0.6) is 0 Å². The minimum Gasteiger partial charge on any atom is -0.456 e. The Balaban J connectivity index is 1.36. The van der Waals surface area contributed by atoms with E-state index in [1.165, 1.54) is 19.1 Å². The molecule has 238 valence electrons. The fourth-order valence-electron chi connectivity index (χ4n) is 7.65. The number of nitrogens with zero attached hydrogens (tertiary/aromatic N) is 1. The number of aliphatic hydroxyl groups is 3. The van der Waals surface area contributed by atoms with Crippen LogP contribution < -0.4 is 5.32 Å². The number of hydrogen-bond donors (Lipinski definition) is 4. The van der Waals surface area contributed by atoms with Crippen molar-refractivity contribution < 1.29 is 58.3 Å². The van der Waals surface area contributed by atoms with E-state index < -0.39 is 82.2 Å². The van der Waals surface area contributed by atoms with Crippen LogP contribution in [0.2, 0.25) is 0 Å². The average Bonchev–Trinajstić information content (AvgIpc) is 3.14. The van der Waals surface area contributed by atoms with Gasteiger partial charge in [0.15, 0.2) is 23.7 Å². The van der Waals surface area contributed by atoms with Crippen LogP contribution in [-0.4, -0.2) is 93.9 Å². The summed E-state index contributed by atoms with van der Waals surface area (Å²) in [5, 5.41) is 45.3. The maximum atomic E-state index is 17.2. The van der Waals surface area contributed by atoms with E-state index in [1.807, 2.05) is 0 Å². The highest BCUT2D eigenvalue weighted by Gasteiger charge is 2.76.